The molecule has 0 heterocycles. The van der Waals surface area contributed by atoms with Gasteiger partial charge in [0, 0.05) is 38.9 Å². The minimum atomic E-state index is -1.63. The van der Waals surface area contributed by atoms with Gasteiger partial charge in [0.2, 0.25) is 0 Å². The number of hydrogen-bond acceptors (Lipinski definition) is 2. The minimum Gasteiger partial charge on any atom is -0.310 e. The molecular weight excluding hydrogens is 705 g/mol. The van der Waals surface area contributed by atoms with Crippen LogP contribution in [0.25, 0.3) is 32.7 Å². The highest BCUT2D eigenvalue weighted by Gasteiger charge is 2.39. The fourth-order valence-corrected chi connectivity index (χ4v) is 10.9. The van der Waals surface area contributed by atoms with Gasteiger partial charge in [0.1, 0.15) is 0 Å². The third-order valence-electron chi connectivity index (χ3n) is 12.0. The van der Waals surface area contributed by atoms with Gasteiger partial charge in [-0.2, -0.15) is 0 Å². The first-order chi connectivity index (χ1) is 27.5. The maximum absolute atomic E-state index is 2.55. The standard InChI is InChI=1S/C54H52N2Si/c1-37(2)34-38-26-28-41(29-27-38)56(50-32-33-52(57(5,6)7)45-24-16-14-22-43(45)50)51-36-49-53(46-25-17-15-23-44(46)51)47-31-30-42(35-48(47)54(49,3)4)55(39-18-10-8-11-19-39)40-20-12-9-13-21-40/h8-33,35-37H,34H2,1-7H3. The Morgan fingerprint density at radius 2 is 1.00 bits per heavy atom. The van der Waals surface area contributed by atoms with E-state index in [0.29, 0.717) is 5.92 Å². The molecule has 0 amide bonds. The molecule has 0 N–H and O–H groups in total. The van der Waals surface area contributed by atoms with E-state index < -0.39 is 8.07 Å². The number of para-hydroxylation sites is 2. The van der Waals surface area contributed by atoms with Crippen LogP contribution in [0, 0.1) is 5.92 Å². The highest BCUT2D eigenvalue weighted by molar-refractivity contribution is 6.90. The summed E-state index contributed by atoms with van der Waals surface area (Å²) in [5, 5.41) is 6.70. The van der Waals surface area contributed by atoms with Crippen LogP contribution in [-0.2, 0) is 11.8 Å². The summed E-state index contributed by atoms with van der Waals surface area (Å²) in [6, 6.07) is 63.4. The molecule has 282 valence electrons. The number of hydrogen-bond donors (Lipinski definition) is 0. The number of benzene rings is 8. The molecular formula is C54H52N2Si. The topological polar surface area (TPSA) is 6.48 Å². The van der Waals surface area contributed by atoms with Crippen molar-refractivity contribution in [2.24, 2.45) is 5.92 Å². The van der Waals surface area contributed by atoms with E-state index in [4.69, 9.17) is 0 Å². The molecule has 3 heteroatoms. The number of anilines is 6. The van der Waals surface area contributed by atoms with Crippen molar-refractivity contribution in [3.05, 3.63) is 187 Å². The Balaban J connectivity index is 1.27. The molecule has 0 aromatic heterocycles. The molecule has 1 aliphatic carbocycles. The molecule has 2 nitrogen and oxygen atoms in total. The van der Waals surface area contributed by atoms with Crippen LogP contribution in [0.4, 0.5) is 34.1 Å². The van der Waals surface area contributed by atoms with Crippen molar-refractivity contribution in [3.63, 3.8) is 0 Å². The summed E-state index contributed by atoms with van der Waals surface area (Å²) in [5.74, 6) is 0.600. The number of rotatable bonds is 9. The monoisotopic (exact) mass is 756 g/mol. The summed E-state index contributed by atoms with van der Waals surface area (Å²) in [6.07, 6.45) is 1.07. The van der Waals surface area contributed by atoms with Gasteiger partial charge in [0.05, 0.1) is 19.4 Å². The predicted octanol–water partition coefficient (Wildman–Crippen LogP) is 15.0. The normalized spacial score (nSPS) is 13.2. The molecule has 0 spiro atoms. The van der Waals surface area contributed by atoms with E-state index in [0.717, 1.165) is 23.5 Å². The summed E-state index contributed by atoms with van der Waals surface area (Å²) >= 11 is 0. The maximum atomic E-state index is 2.55. The molecule has 1 aliphatic rings. The zero-order valence-electron chi connectivity index (χ0n) is 34.3. The van der Waals surface area contributed by atoms with Crippen molar-refractivity contribution in [2.75, 3.05) is 9.80 Å². The summed E-state index contributed by atoms with van der Waals surface area (Å²) in [7, 11) is -1.63. The third-order valence-corrected chi connectivity index (χ3v) is 14.0. The van der Waals surface area contributed by atoms with Crippen molar-refractivity contribution < 1.29 is 0 Å². The lowest BCUT2D eigenvalue weighted by Gasteiger charge is -2.32. The van der Waals surface area contributed by atoms with Crippen LogP contribution in [0.3, 0.4) is 0 Å². The summed E-state index contributed by atoms with van der Waals surface area (Å²) < 4.78 is 0. The van der Waals surface area contributed by atoms with E-state index in [2.05, 4.69) is 227 Å². The van der Waals surface area contributed by atoms with E-state index in [1.165, 1.54) is 71.6 Å². The Morgan fingerprint density at radius 1 is 0.474 bits per heavy atom. The van der Waals surface area contributed by atoms with E-state index in [1.807, 2.05) is 0 Å². The van der Waals surface area contributed by atoms with Crippen LogP contribution in [0.15, 0.2) is 170 Å². The number of nitrogens with zero attached hydrogens (tertiary/aromatic N) is 2. The van der Waals surface area contributed by atoms with Gasteiger partial charge in [0.25, 0.3) is 0 Å². The fraction of sp³-hybridized carbons (Fsp3) is 0.185. The lowest BCUT2D eigenvalue weighted by Crippen LogP contribution is -2.38. The minimum absolute atomic E-state index is 0.255. The smallest absolute Gasteiger partial charge is 0.0784 e. The van der Waals surface area contributed by atoms with Crippen LogP contribution in [0.1, 0.15) is 44.4 Å². The third kappa shape index (κ3) is 6.44. The van der Waals surface area contributed by atoms with Crippen LogP contribution >= 0.6 is 0 Å². The average molecular weight is 757 g/mol. The predicted molar refractivity (Wildman–Crippen MR) is 250 cm³/mol. The Kier molecular flexibility index (Phi) is 9.17. The van der Waals surface area contributed by atoms with Crippen molar-refractivity contribution >= 4 is 68.9 Å². The largest absolute Gasteiger partial charge is 0.310 e. The van der Waals surface area contributed by atoms with Gasteiger partial charge in [-0.3, -0.25) is 0 Å². The second-order valence-corrected chi connectivity index (χ2v) is 22.8. The molecule has 0 fully saturated rings. The first-order valence-corrected chi connectivity index (χ1v) is 24.0. The maximum Gasteiger partial charge on any atom is 0.0784 e. The second-order valence-electron chi connectivity index (χ2n) is 17.8. The first-order valence-electron chi connectivity index (χ1n) is 20.5. The molecule has 8 aromatic carbocycles. The lowest BCUT2D eigenvalue weighted by atomic mass is 9.81. The molecule has 0 unspecified atom stereocenters. The van der Waals surface area contributed by atoms with Crippen molar-refractivity contribution in [1.82, 2.24) is 0 Å². The fourth-order valence-electron chi connectivity index (χ4n) is 9.27. The lowest BCUT2D eigenvalue weighted by molar-refractivity contribution is 0.647. The van der Waals surface area contributed by atoms with Crippen LogP contribution < -0.4 is 15.0 Å². The zero-order valence-corrected chi connectivity index (χ0v) is 35.3. The molecule has 0 saturated carbocycles. The van der Waals surface area contributed by atoms with Crippen molar-refractivity contribution in [3.8, 4) is 11.1 Å². The van der Waals surface area contributed by atoms with Crippen molar-refractivity contribution in [2.45, 2.75) is 59.2 Å². The van der Waals surface area contributed by atoms with Gasteiger partial charge in [-0.15, -0.1) is 0 Å². The second kappa shape index (κ2) is 14.2. The summed E-state index contributed by atoms with van der Waals surface area (Å²) in [4.78, 5) is 4.93. The average Bonchev–Trinajstić information content (AvgIpc) is 3.44. The molecule has 8 aromatic rings. The summed E-state index contributed by atoms with van der Waals surface area (Å²) in [5.41, 5.74) is 13.5. The Labute approximate surface area is 340 Å². The van der Waals surface area contributed by atoms with Gasteiger partial charge in [-0.25, -0.2) is 0 Å². The van der Waals surface area contributed by atoms with Gasteiger partial charge in [0.15, 0.2) is 0 Å². The SMILES string of the molecule is CC(C)Cc1ccc(N(c2ccc([Si](C)(C)C)c3ccccc23)c2cc3c(c4ccccc24)-c2ccc(N(c4ccccc4)c4ccccc4)cc2C3(C)C)cc1. The van der Waals surface area contributed by atoms with E-state index >= 15 is 0 Å². The first kappa shape index (κ1) is 36.7. The molecule has 0 aliphatic heterocycles. The molecule has 0 bridgehead atoms. The summed E-state index contributed by atoms with van der Waals surface area (Å²) in [6.45, 7) is 16.8. The zero-order chi connectivity index (χ0) is 39.5. The van der Waals surface area contributed by atoms with Gasteiger partial charge >= 0.3 is 0 Å². The Bertz CT molecular complexity index is 2700. The van der Waals surface area contributed by atoms with Crippen LogP contribution in [-0.4, -0.2) is 8.07 Å². The molecule has 0 atom stereocenters. The highest BCUT2D eigenvalue weighted by Crippen LogP contribution is 2.56. The van der Waals surface area contributed by atoms with Crippen molar-refractivity contribution in [1.29, 1.82) is 0 Å². The van der Waals surface area contributed by atoms with Crippen LogP contribution in [0.2, 0.25) is 19.6 Å². The van der Waals surface area contributed by atoms with Gasteiger partial charge < -0.3 is 9.80 Å². The van der Waals surface area contributed by atoms with E-state index in [1.54, 1.807) is 0 Å². The van der Waals surface area contributed by atoms with E-state index in [-0.39, 0.29) is 5.41 Å². The van der Waals surface area contributed by atoms with Crippen LogP contribution in [0.5, 0.6) is 0 Å². The Hall–Kier alpha value is -5.90. The van der Waals surface area contributed by atoms with Gasteiger partial charge in [-0.1, -0.05) is 162 Å². The van der Waals surface area contributed by atoms with Gasteiger partial charge in [-0.05, 0) is 112 Å². The molecule has 9 rings (SSSR count). The molecule has 0 radical (unpaired) electrons. The molecule has 0 saturated heterocycles. The number of fused-ring (bicyclic) bond motifs is 6. The highest BCUT2D eigenvalue weighted by atomic mass is 28.3. The Morgan fingerprint density at radius 3 is 1.60 bits per heavy atom. The molecule has 57 heavy (non-hydrogen) atoms. The quantitative estimate of drug-likeness (QED) is 0.135. The van der Waals surface area contributed by atoms with E-state index in [9.17, 15) is 0 Å².